The van der Waals surface area contributed by atoms with Crippen LogP contribution in [0.25, 0.3) is 0 Å². The number of ether oxygens (including phenoxy) is 1. The number of aryl methyl sites for hydroxylation is 1. The van der Waals surface area contributed by atoms with Crippen molar-refractivity contribution in [3.8, 4) is 5.75 Å². The van der Waals surface area contributed by atoms with Gasteiger partial charge in [0.05, 0.1) is 12.7 Å². The quantitative estimate of drug-likeness (QED) is 0.685. The Morgan fingerprint density at radius 3 is 2.72 bits per heavy atom. The van der Waals surface area contributed by atoms with Crippen LogP contribution in [0.2, 0.25) is 0 Å². The predicted octanol–water partition coefficient (Wildman–Crippen LogP) is 1.36. The van der Waals surface area contributed by atoms with Crippen LogP contribution in [0.5, 0.6) is 5.75 Å². The van der Waals surface area contributed by atoms with E-state index in [9.17, 15) is 5.11 Å². The van der Waals surface area contributed by atoms with Gasteiger partial charge in [-0.3, -0.25) is 0 Å². The summed E-state index contributed by atoms with van der Waals surface area (Å²) in [5, 5.41) is 13.3. The molecule has 102 valence electrons. The van der Waals surface area contributed by atoms with Crippen molar-refractivity contribution < 1.29 is 9.84 Å². The lowest BCUT2D eigenvalue weighted by atomic mass is 9.96. The van der Waals surface area contributed by atoms with Gasteiger partial charge in [0.15, 0.2) is 0 Å². The van der Waals surface area contributed by atoms with Crippen molar-refractivity contribution in [3.05, 3.63) is 29.3 Å². The van der Waals surface area contributed by atoms with Crippen LogP contribution in [-0.4, -0.2) is 31.3 Å². The third-order valence-electron chi connectivity index (χ3n) is 3.00. The maximum absolute atomic E-state index is 10.2. The van der Waals surface area contributed by atoms with Crippen LogP contribution in [0.3, 0.4) is 0 Å². The summed E-state index contributed by atoms with van der Waals surface area (Å²) < 4.78 is 5.42. The van der Waals surface area contributed by atoms with Crippen LogP contribution in [0, 0.1) is 6.92 Å². The topological polar surface area (TPSA) is 67.5 Å². The van der Waals surface area contributed by atoms with Crippen LogP contribution in [0.4, 0.5) is 0 Å². The minimum Gasteiger partial charge on any atom is -0.494 e. The van der Waals surface area contributed by atoms with Crippen molar-refractivity contribution in [2.24, 2.45) is 5.73 Å². The van der Waals surface area contributed by atoms with E-state index in [1.165, 1.54) is 0 Å². The number of hydrogen-bond acceptors (Lipinski definition) is 4. The molecule has 18 heavy (non-hydrogen) atoms. The maximum Gasteiger partial charge on any atom is 0.119 e. The second-order valence-corrected chi connectivity index (χ2v) is 4.45. The summed E-state index contributed by atoms with van der Waals surface area (Å²) in [4.78, 5) is 0. The minimum atomic E-state index is -0.631. The van der Waals surface area contributed by atoms with Crippen LogP contribution in [-0.2, 0) is 0 Å². The van der Waals surface area contributed by atoms with Gasteiger partial charge in [0.25, 0.3) is 0 Å². The van der Waals surface area contributed by atoms with E-state index in [-0.39, 0.29) is 6.04 Å². The number of aliphatic hydroxyl groups is 1. The fourth-order valence-corrected chi connectivity index (χ4v) is 1.94. The minimum absolute atomic E-state index is 0.255. The molecule has 4 nitrogen and oxygen atoms in total. The fourth-order valence-electron chi connectivity index (χ4n) is 1.94. The third kappa shape index (κ3) is 3.98. The van der Waals surface area contributed by atoms with Crippen molar-refractivity contribution in [1.82, 2.24) is 5.32 Å². The molecule has 0 aliphatic rings. The Hall–Kier alpha value is -1.10. The molecule has 0 bridgehead atoms. The van der Waals surface area contributed by atoms with Gasteiger partial charge in [0.1, 0.15) is 5.75 Å². The first-order valence-corrected chi connectivity index (χ1v) is 6.41. The molecule has 0 fully saturated rings. The molecule has 1 aromatic carbocycles. The molecule has 0 heterocycles. The first-order valence-electron chi connectivity index (χ1n) is 6.41. The highest BCUT2D eigenvalue weighted by Gasteiger charge is 2.18. The summed E-state index contributed by atoms with van der Waals surface area (Å²) in [6.45, 7) is 5.36. The Bertz CT molecular complexity index is 369. The van der Waals surface area contributed by atoms with E-state index in [1.807, 2.05) is 39.1 Å². The van der Waals surface area contributed by atoms with E-state index < -0.39 is 6.10 Å². The molecule has 0 spiro atoms. The summed E-state index contributed by atoms with van der Waals surface area (Å²) >= 11 is 0. The Labute approximate surface area is 109 Å². The second-order valence-electron chi connectivity index (χ2n) is 4.45. The number of aliphatic hydroxyl groups excluding tert-OH is 1. The lowest BCUT2D eigenvalue weighted by Gasteiger charge is -2.21. The van der Waals surface area contributed by atoms with Crippen LogP contribution in [0.1, 0.15) is 30.6 Å². The zero-order valence-corrected chi connectivity index (χ0v) is 11.4. The molecule has 0 radical (unpaired) electrons. The van der Waals surface area contributed by atoms with Gasteiger partial charge in [-0.25, -0.2) is 0 Å². The molecular weight excluding hydrogens is 228 g/mol. The van der Waals surface area contributed by atoms with Gasteiger partial charge in [0, 0.05) is 6.04 Å². The van der Waals surface area contributed by atoms with Gasteiger partial charge >= 0.3 is 0 Å². The number of rotatable bonds is 7. The average molecular weight is 252 g/mol. The first-order chi connectivity index (χ1) is 8.60. The van der Waals surface area contributed by atoms with Crippen LogP contribution >= 0.6 is 0 Å². The van der Waals surface area contributed by atoms with Crippen molar-refractivity contribution in [3.63, 3.8) is 0 Å². The number of benzene rings is 1. The van der Waals surface area contributed by atoms with Gasteiger partial charge in [0.2, 0.25) is 0 Å². The molecule has 1 rings (SSSR count). The highest BCUT2D eigenvalue weighted by molar-refractivity contribution is 5.36. The standard InChI is InChI=1S/C14H24N2O2/c1-4-18-11-5-6-12(10(2)9-11)14(17)13(15)7-8-16-3/h5-6,9,13-14,16-17H,4,7-8,15H2,1-3H3. The third-order valence-corrected chi connectivity index (χ3v) is 3.00. The first kappa shape index (κ1) is 15.0. The molecule has 2 unspecified atom stereocenters. The highest BCUT2D eigenvalue weighted by Crippen LogP contribution is 2.25. The van der Waals surface area contributed by atoms with Crippen molar-refractivity contribution in [2.75, 3.05) is 20.2 Å². The summed E-state index contributed by atoms with van der Waals surface area (Å²) in [6, 6.07) is 5.45. The molecule has 4 N–H and O–H groups in total. The van der Waals surface area contributed by atoms with Crippen LogP contribution < -0.4 is 15.8 Å². The lowest BCUT2D eigenvalue weighted by molar-refractivity contribution is 0.141. The van der Waals surface area contributed by atoms with Gasteiger partial charge in [-0.2, -0.15) is 0 Å². The van der Waals surface area contributed by atoms with Crippen molar-refractivity contribution in [1.29, 1.82) is 0 Å². The van der Waals surface area contributed by atoms with Crippen molar-refractivity contribution in [2.45, 2.75) is 32.4 Å². The van der Waals surface area contributed by atoms with E-state index in [0.29, 0.717) is 6.61 Å². The maximum atomic E-state index is 10.2. The van der Waals surface area contributed by atoms with E-state index in [4.69, 9.17) is 10.5 Å². The number of nitrogens with two attached hydrogens (primary N) is 1. The SMILES string of the molecule is CCOc1ccc(C(O)C(N)CCNC)c(C)c1. The molecule has 1 aromatic rings. The smallest absolute Gasteiger partial charge is 0.119 e. The van der Waals surface area contributed by atoms with E-state index >= 15 is 0 Å². The molecule has 2 atom stereocenters. The average Bonchev–Trinajstić information content (AvgIpc) is 2.35. The Morgan fingerprint density at radius 2 is 2.17 bits per heavy atom. The largest absolute Gasteiger partial charge is 0.494 e. The number of nitrogens with one attached hydrogen (secondary N) is 1. The van der Waals surface area contributed by atoms with Gasteiger partial charge in [-0.05, 0) is 57.1 Å². The summed E-state index contributed by atoms with van der Waals surface area (Å²) in [5.41, 5.74) is 7.86. The van der Waals surface area contributed by atoms with Crippen molar-refractivity contribution >= 4 is 0 Å². The molecule has 0 amide bonds. The summed E-state index contributed by atoms with van der Waals surface area (Å²) in [6.07, 6.45) is 0.110. The second kappa shape index (κ2) is 7.36. The van der Waals surface area contributed by atoms with Gasteiger partial charge < -0.3 is 20.9 Å². The molecule has 0 saturated carbocycles. The monoisotopic (exact) mass is 252 g/mol. The zero-order chi connectivity index (χ0) is 13.5. The van der Waals surface area contributed by atoms with Gasteiger partial charge in [-0.1, -0.05) is 6.07 Å². The Kier molecular flexibility index (Phi) is 6.12. The van der Waals surface area contributed by atoms with E-state index in [1.54, 1.807) is 0 Å². The summed E-state index contributed by atoms with van der Waals surface area (Å²) in [7, 11) is 1.88. The zero-order valence-electron chi connectivity index (χ0n) is 11.4. The highest BCUT2D eigenvalue weighted by atomic mass is 16.5. The van der Waals surface area contributed by atoms with E-state index in [0.717, 1.165) is 29.8 Å². The lowest BCUT2D eigenvalue weighted by Crippen LogP contribution is -2.31. The van der Waals surface area contributed by atoms with Crippen LogP contribution in [0.15, 0.2) is 18.2 Å². The fraction of sp³-hybridized carbons (Fsp3) is 0.571. The predicted molar refractivity (Wildman–Crippen MR) is 73.8 cm³/mol. The Morgan fingerprint density at radius 1 is 1.44 bits per heavy atom. The molecule has 0 saturated heterocycles. The summed E-state index contributed by atoms with van der Waals surface area (Å²) in [5.74, 6) is 0.828. The normalized spacial score (nSPS) is 14.3. The van der Waals surface area contributed by atoms with E-state index in [2.05, 4.69) is 5.32 Å². The number of hydrogen-bond donors (Lipinski definition) is 3. The van der Waals surface area contributed by atoms with Gasteiger partial charge in [-0.15, -0.1) is 0 Å². The molecule has 0 aliphatic heterocycles. The molecule has 0 aliphatic carbocycles. The molecule has 4 heteroatoms. The Balaban J connectivity index is 2.76. The molecular formula is C14H24N2O2. The molecule has 0 aromatic heterocycles.